The average molecular weight is 338 g/mol. The fraction of sp³-hybridized carbons (Fsp3) is 0.357. The third-order valence-corrected chi connectivity index (χ3v) is 5.35. The molecule has 3 rings (SSSR count). The van der Waals surface area contributed by atoms with Gasteiger partial charge in [0, 0.05) is 5.54 Å². The Morgan fingerprint density at radius 2 is 1.83 bits per heavy atom. The quantitative estimate of drug-likeness (QED) is 0.789. The molecule has 1 aromatic rings. The fourth-order valence-electron chi connectivity index (χ4n) is 2.66. The van der Waals surface area contributed by atoms with Crippen molar-refractivity contribution in [3.8, 4) is 0 Å². The first-order valence-electron chi connectivity index (χ1n) is 6.91. The average Bonchev–Trinajstić information content (AvgIpc) is 2.88. The van der Waals surface area contributed by atoms with Gasteiger partial charge in [0.05, 0.1) is 23.3 Å². The summed E-state index contributed by atoms with van der Waals surface area (Å²) < 4.78 is 25.3. The number of hydrogen-bond acceptors (Lipinski definition) is 6. The van der Waals surface area contributed by atoms with Gasteiger partial charge in [-0.05, 0) is 25.5 Å². The van der Waals surface area contributed by atoms with E-state index in [1.54, 1.807) is 19.1 Å². The van der Waals surface area contributed by atoms with Crippen LogP contribution in [0, 0.1) is 0 Å². The molecule has 1 unspecified atom stereocenters. The van der Waals surface area contributed by atoms with Gasteiger partial charge in [-0.3, -0.25) is 9.59 Å². The van der Waals surface area contributed by atoms with Crippen LogP contribution in [-0.4, -0.2) is 42.6 Å². The van der Waals surface area contributed by atoms with Gasteiger partial charge in [-0.2, -0.15) is 0 Å². The smallest absolute Gasteiger partial charge is 0.330 e. The maximum Gasteiger partial charge on any atom is 0.335 e. The van der Waals surface area contributed by atoms with Crippen molar-refractivity contribution >= 4 is 27.8 Å². The van der Waals surface area contributed by atoms with E-state index in [9.17, 15) is 22.8 Å². The third kappa shape index (κ3) is 2.84. The Bertz CT molecular complexity index is 783. The minimum Gasteiger partial charge on any atom is -0.330 e. The van der Waals surface area contributed by atoms with Crippen LogP contribution in [0.25, 0.3) is 0 Å². The van der Waals surface area contributed by atoms with E-state index >= 15 is 0 Å². The Kier molecular flexibility index (Phi) is 3.49. The number of carbonyl (C=O) groups excluding carboxylic acids is 3. The van der Waals surface area contributed by atoms with Crippen molar-refractivity contribution in [2.45, 2.75) is 25.3 Å². The largest absolute Gasteiger partial charge is 0.335 e. The van der Waals surface area contributed by atoms with Crippen LogP contribution in [0.15, 0.2) is 24.3 Å². The number of carbonyl (C=O) groups is 3. The number of fused-ring (bicyclic) bond motifs is 1. The van der Waals surface area contributed by atoms with E-state index in [0.29, 0.717) is 5.06 Å². The molecule has 0 radical (unpaired) electrons. The summed E-state index contributed by atoms with van der Waals surface area (Å²) in [4.78, 5) is 41.0. The summed E-state index contributed by atoms with van der Waals surface area (Å²) in [6.07, 6.45) is -0.0355. The van der Waals surface area contributed by atoms with Gasteiger partial charge >= 0.3 is 5.97 Å². The van der Waals surface area contributed by atoms with Crippen molar-refractivity contribution in [3.63, 3.8) is 0 Å². The molecule has 0 aromatic heterocycles. The molecule has 1 saturated heterocycles. The van der Waals surface area contributed by atoms with Crippen LogP contribution in [0.3, 0.4) is 0 Å². The maximum atomic E-state index is 12.1. The number of nitrogens with one attached hydrogen (secondary N) is 1. The van der Waals surface area contributed by atoms with Crippen LogP contribution in [0.4, 0.5) is 0 Å². The molecule has 2 aliphatic rings. The highest BCUT2D eigenvalue weighted by molar-refractivity contribution is 7.89. The fourth-order valence-corrected chi connectivity index (χ4v) is 4.41. The van der Waals surface area contributed by atoms with E-state index in [2.05, 4.69) is 4.72 Å². The summed E-state index contributed by atoms with van der Waals surface area (Å²) in [5.41, 5.74) is -0.648. The van der Waals surface area contributed by atoms with E-state index in [0.717, 1.165) is 0 Å². The first-order chi connectivity index (χ1) is 10.7. The lowest BCUT2D eigenvalue weighted by molar-refractivity contribution is -0.169. The second-order valence-corrected chi connectivity index (χ2v) is 7.66. The highest BCUT2D eigenvalue weighted by Gasteiger charge is 2.42. The van der Waals surface area contributed by atoms with Gasteiger partial charge < -0.3 is 4.84 Å². The van der Waals surface area contributed by atoms with Gasteiger partial charge in [0.25, 0.3) is 11.8 Å². The van der Waals surface area contributed by atoms with Gasteiger partial charge in [0.15, 0.2) is 0 Å². The minimum atomic E-state index is -3.40. The Morgan fingerprint density at radius 1 is 1.26 bits per heavy atom. The second-order valence-electron chi connectivity index (χ2n) is 5.82. The van der Waals surface area contributed by atoms with Crippen LogP contribution in [0.1, 0.15) is 40.5 Å². The molecule has 1 aromatic carbocycles. The first kappa shape index (κ1) is 15.6. The maximum absolute atomic E-state index is 12.1. The lowest BCUT2D eigenvalue weighted by Crippen LogP contribution is -2.42. The van der Waals surface area contributed by atoms with E-state index in [1.807, 2.05) is 0 Å². The number of benzene rings is 1. The van der Waals surface area contributed by atoms with Gasteiger partial charge in [-0.1, -0.05) is 17.2 Å². The number of amides is 2. The Hall–Kier alpha value is -2.26. The van der Waals surface area contributed by atoms with Gasteiger partial charge in [0.1, 0.15) is 0 Å². The van der Waals surface area contributed by atoms with E-state index in [4.69, 9.17) is 4.84 Å². The normalized spacial score (nSPS) is 25.5. The molecule has 9 heteroatoms. The van der Waals surface area contributed by atoms with E-state index in [1.165, 1.54) is 12.1 Å². The molecule has 2 heterocycles. The van der Waals surface area contributed by atoms with Crippen LogP contribution < -0.4 is 4.72 Å². The topological polar surface area (TPSA) is 110 Å². The van der Waals surface area contributed by atoms with Crippen LogP contribution >= 0.6 is 0 Å². The Balaban J connectivity index is 1.70. The zero-order chi connectivity index (χ0) is 16.8. The van der Waals surface area contributed by atoms with Crippen molar-refractivity contribution < 1.29 is 27.6 Å². The summed E-state index contributed by atoms with van der Waals surface area (Å²) in [5, 5.41) is 0.416. The zero-order valence-electron chi connectivity index (χ0n) is 12.2. The van der Waals surface area contributed by atoms with Crippen molar-refractivity contribution in [1.29, 1.82) is 0 Å². The standard InChI is InChI=1S/C14H14N2O6S/c1-14(6-7-23(20,21)15-14)8-11(17)22-16-12(18)9-4-2-3-5-10(9)13(16)19/h2-5,15H,6-8H2,1H3. The summed E-state index contributed by atoms with van der Waals surface area (Å²) >= 11 is 0. The van der Waals surface area contributed by atoms with Crippen molar-refractivity contribution in [1.82, 2.24) is 9.79 Å². The molecule has 23 heavy (non-hydrogen) atoms. The molecule has 0 bridgehead atoms. The summed E-state index contributed by atoms with van der Waals surface area (Å²) in [5.74, 6) is -2.36. The number of hydrogen-bond donors (Lipinski definition) is 1. The molecule has 122 valence electrons. The van der Waals surface area contributed by atoms with Gasteiger partial charge in [-0.15, -0.1) is 0 Å². The molecule has 0 saturated carbocycles. The molecule has 1 fully saturated rings. The summed E-state index contributed by atoms with van der Waals surface area (Å²) in [6, 6.07) is 6.14. The lowest BCUT2D eigenvalue weighted by Gasteiger charge is -2.22. The number of hydroxylamine groups is 2. The first-order valence-corrected chi connectivity index (χ1v) is 8.56. The van der Waals surface area contributed by atoms with E-state index < -0.39 is 33.3 Å². The second kappa shape index (κ2) is 5.14. The molecule has 1 N–H and O–H groups in total. The molecule has 1 atom stereocenters. The van der Waals surface area contributed by atoms with Gasteiger partial charge in [-0.25, -0.2) is 17.9 Å². The molecular formula is C14H14N2O6S. The lowest BCUT2D eigenvalue weighted by atomic mass is 9.96. The van der Waals surface area contributed by atoms with Crippen LogP contribution in [0.2, 0.25) is 0 Å². The zero-order valence-corrected chi connectivity index (χ0v) is 13.1. The Labute approximate surface area is 132 Å². The number of rotatable bonds is 3. The van der Waals surface area contributed by atoms with Crippen LogP contribution in [-0.2, 0) is 19.7 Å². The predicted octanol–water partition coefficient (Wildman–Crippen LogP) is 0.213. The summed E-state index contributed by atoms with van der Waals surface area (Å²) in [6.45, 7) is 1.57. The molecular weight excluding hydrogens is 324 g/mol. The van der Waals surface area contributed by atoms with Crippen molar-refractivity contribution in [3.05, 3.63) is 35.4 Å². The third-order valence-electron chi connectivity index (χ3n) is 3.81. The predicted molar refractivity (Wildman–Crippen MR) is 77.6 cm³/mol. The molecule has 2 amide bonds. The highest BCUT2D eigenvalue weighted by atomic mass is 32.2. The number of nitrogens with zero attached hydrogens (tertiary/aromatic N) is 1. The van der Waals surface area contributed by atoms with Crippen molar-refractivity contribution in [2.75, 3.05) is 5.75 Å². The molecule has 0 spiro atoms. The monoisotopic (exact) mass is 338 g/mol. The highest BCUT2D eigenvalue weighted by Crippen LogP contribution is 2.26. The molecule has 0 aliphatic carbocycles. The molecule has 2 aliphatic heterocycles. The SMILES string of the molecule is CC1(CC(=O)ON2C(=O)c3ccccc3C2=O)CCS(=O)(=O)N1. The van der Waals surface area contributed by atoms with Crippen molar-refractivity contribution in [2.24, 2.45) is 0 Å². The minimum absolute atomic E-state index is 0.0796. The van der Waals surface area contributed by atoms with Crippen LogP contribution in [0.5, 0.6) is 0 Å². The number of imide groups is 1. The number of sulfonamides is 1. The summed E-state index contributed by atoms with van der Waals surface area (Å²) in [7, 11) is -3.40. The van der Waals surface area contributed by atoms with Gasteiger partial charge in [0.2, 0.25) is 10.0 Å². The Morgan fingerprint density at radius 3 is 2.30 bits per heavy atom. The van der Waals surface area contributed by atoms with E-state index in [-0.39, 0.29) is 29.7 Å². The molecule has 8 nitrogen and oxygen atoms in total.